The number of hydrogen-bond donors (Lipinski definition) is 3. The average Bonchev–Trinajstić information content (AvgIpc) is 2.62. The summed E-state index contributed by atoms with van der Waals surface area (Å²) >= 11 is 0. The molecule has 0 saturated heterocycles. The van der Waals surface area contributed by atoms with Gasteiger partial charge in [0.05, 0.1) is 7.05 Å². The van der Waals surface area contributed by atoms with Crippen LogP contribution in [0.5, 0.6) is 5.75 Å². The first-order chi connectivity index (χ1) is 12.0. The molecule has 2 aromatic carbocycles. The first kappa shape index (κ1) is 18.5. The summed E-state index contributed by atoms with van der Waals surface area (Å²) in [5.74, 6) is 0.236. The maximum absolute atomic E-state index is 12.3. The summed E-state index contributed by atoms with van der Waals surface area (Å²) in [6.07, 6.45) is 0. The van der Waals surface area contributed by atoms with Crippen LogP contribution < -0.4 is 20.7 Å². The Morgan fingerprint density at radius 1 is 1.12 bits per heavy atom. The van der Waals surface area contributed by atoms with Gasteiger partial charge in [0.1, 0.15) is 18.9 Å². The van der Waals surface area contributed by atoms with E-state index in [0.29, 0.717) is 24.4 Å². The number of nitrogens with two attached hydrogens (primary N) is 1. The summed E-state index contributed by atoms with van der Waals surface area (Å²) in [5.41, 5.74) is 6.24. The van der Waals surface area contributed by atoms with Crippen molar-refractivity contribution in [3.05, 3.63) is 60.2 Å². The van der Waals surface area contributed by atoms with Gasteiger partial charge in [-0.25, -0.2) is 0 Å². The van der Waals surface area contributed by atoms with Gasteiger partial charge in [-0.1, -0.05) is 18.2 Å². The lowest BCUT2D eigenvalue weighted by Gasteiger charge is -2.21. The van der Waals surface area contributed by atoms with Crippen molar-refractivity contribution < 1.29 is 19.2 Å². The quantitative estimate of drug-likeness (QED) is 0.660. The van der Waals surface area contributed by atoms with Crippen LogP contribution in [0.25, 0.3) is 0 Å². The highest BCUT2D eigenvalue weighted by molar-refractivity contribution is 5.95. The van der Waals surface area contributed by atoms with E-state index in [4.69, 9.17) is 10.5 Å². The van der Waals surface area contributed by atoms with E-state index in [1.807, 2.05) is 44.3 Å². The zero-order chi connectivity index (χ0) is 18.2. The SMILES string of the molecule is C[C@@H](C(=O)Nc1ccc(C(N)=O)cc1)[NH+](C)CCOc1ccccc1. The molecule has 2 aromatic rings. The average molecular weight is 342 g/mol. The van der Waals surface area contributed by atoms with Crippen molar-refractivity contribution in [3.63, 3.8) is 0 Å². The van der Waals surface area contributed by atoms with Crippen molar-refractivity contribution in [1.82, 2.24) is 0 Å². The number of likely N-dealkylation sites (N-methyl/N-ethyl adjacent to an activating group) is 1. The summed E-state index contributed by atoms with van der Waals surface area (Å²) in [6, 6.07) is 15.9. The Balaban J connectivity index is 1.80. The molecule has 2 atom stereocenters. The molecular formula is C19H24N3O3+. The van der Waals surface area contributed by atoms with Gasteiger partial charge < -0.3 is 20.7 Å². The van der Waals surface area contributed by atoms with Gasteiger partial charge in [0.25, 0.3) is 5.91 Å². The second-order valence-corrected chi connectivity index (χ2v) is 5.91. The molecule has 0 heterocycles. The van der Waals surface area contributed by atoms with Crippen LogP contribution in [0, 0.1) is 0 Å². The van der Waals surface area contributed by atoms with Gasteiger partial charge in [-0.15, -0.1) is 0 Å². The Labute approximate surface area is 147 Å². The monoisotopic (exact) mass is 342 g/mol. The summed E-state index contributed by atoms with van der Waals surface area (Å²) in [5, 5.41) is 2.84. The molecule has 0 fully saturated rings. The summed E-state index contributed by atoms with van der Waals surface area (Å²) in [7, 11) is 1.95. The number of amides is 2. The maximum Gasteiger partial charge on any atom is 0.282 e. The molecule has 0 bridgehead atoms. The van der Waals surface area contributed by atoms with E-state index < -0.39 is 5.91 Å². The number of carbonyl (C=O) groups is 2. The number of anilines is 1. The second-order valence-electron chi connectivity index (χ2n) is 5.91. The number of quaternary nitrogens is 1. The van der Waals surface area contributed by atoms with Crippen molar-refractivity contribution in [2.24, 2.45) is 5.73 Å². The third-order valence-electron chi connectivity index (χ3n) is 4.08. The number of rotatable bonds is 8. The normalized spacial score (nSPS) is 12.9. The lowest BCUT2D eigenvalue weighted by molar-refractivity contribution is -0.894. The number of para-hydroxylation sites is 1. The van der Waals surface area contributed by atoms with Crippen molar-refractivity contribution in [2.75, 3.05) is 25.5 Å². The van der Waals surface area contributed by atoms with E-state index in [9.17, 15) is 9.59 Å². The fraction of sp³-hybridized carbons (Fsp3) is 0.263. The molecule has 4 N–H and O–H groups in total. The number of carbonyl (C=O) groups excluding carboxylic acids is 2. The minimum Gasteiger partial charge on any atom is -0.488 e. The topological polar surface area (TPSA) is 85.9 Å². The molecular weight excluding hydrogens is 318 g/mol. The first-order valence-corrected chi connectivity index (χ1v) is 8.18. The van der Waals surface area contributed by atoms with Gasteiger partial charge in [0.2, 0.25) is 5.91 Å². The molecule has 0 spiro atoms. The van der Waals surface area contributed by atoms with E-state index in [2.05, 4.69) is 5.32 Å². The van der Waals surface area contributed by atoms with Gasteiger partial charge in [-0.2, -0.15) is 0 Å². The van der Waals surface area contributed by atoms with Crippen LogP contribution in [-0.4, -0.2) is 38.1 Å². The predicted molar refractivity (Wildman–Crippen MR) is 96.7 cm³/mol. The molecule has 0 aliphatic rings. The Morgan fingerprint density at radius 2 is 1.76 bits per heavy atom. The molecule has 2 amide bonds. The van der Waals surface area contributed by atoms with E-state index in [0.717, 1.165) is 10.6 Å². The number of ether oxygens (including phenoxy) is 1. The van der Waals surface area contributed by atoms with Crippen LogP contribution in [-0.2, 0) is 4.79 Å². The molecule has 1 unspecified atom stereocenters. The lowest BCUT2D eigenvalue weighted by Crippen LogP contribution is -3.14. The number of hydrogen-bond acceptors (Lipinski definition) is 3. The Kier molecular flexibility index (Phi) is 6.54. The Hall–Kier alpha value is -2.86. The molecule has 2 rings (SSSR count). The van der Waals surface area contributed by atoms with Crippen molar-refractivity contribution >= 4 is 17.5 Å². The van der Waals surface area contributed by atoms with E-state index >= 15 is 0 Å². The summed E-state index contributed by atoms with van der Waals surface area (Å²) in [6.45, 7) is 3.09. The highest BCUT2D eigenvalue weighted by Gasteiger charge is 2.21. The standard InChI is InChI=1S/C19H23N3O3/c1-14(22(2)12-13-25-17-6-4-3-5-7-17)19(24)21-16-10-8-15(9-11-16)18(20)23/h3-11,14H,12-13H2,1-2H3,(H2,20,23)(H,21,24)/p+1/t14-/m0/s1. The van der Waals surface area contributed by atoms with Gasteiger partial charge >= 0.3 is 0 Å². The number of primary amides is 1. The highest BCUT2D eigenvalue weighted by atomic mass is 16.5. The zero-order valence-electron chi connectivity index (χ0n) is 14.5. The van der Waals surface area contributed by atoms with Gasteiger partial charge in [-0.05, 0) is 43.3 Å². The lowest BCUT2D eigenvalue weighted by atomic mass is 10.2. The minimum atomic E-state index is -0.492. The van der Waals surface area contributed by atoms with Crippen LogP contribution in [0.1, 0.15) is 17.3 Å². The molecule has 0 aromatic heterocycles. The van der Waals surface area contributed by atoms with E-state index in [1.165, 1.54) is 0 Å². The van der Waals surface area contributed by atoms with Gasteiger partial charge in [0.15, 0.2) is 6.04 Å². The third kappa shape index (κ3) is 5.61. The van der Waals surface area contributed by atoms with Crippen molar-refractivity contribution in [1.29, 1.82) is 0 Å². The van der Waals surface area contributed by atoms with Crippen LogP contribution in [0.15, 0.2) is 54.6 Å². The predicted octanol–water partition coefficient (Wildman–Crippen LogP) is 0.706. The largest absolute Gasteiger partial charge is 0.488 e. The third-order valence-corrected chi connectivity index (χ3v) is 4.08. The van der Waals surface area contributed by atoms with E-state index in [-0.39, 0.29) is 11.9 Å². The molecule has 6 nitrogen and oxygen atoms in total. The second kappa shape index (κ2) is 8.84. The van der Waals surface area contributed by atoms with Crippen molar-refractivity contribution in [2.45, 2.75) is 13.0 Å². The smallest absolute Gasteiger partial charge is 0.282 e. The molecule has 6 heteroatoms. The van der Waals surface area contributed by atoms with Gasteiger partial charge in [-0.3, -0.25) is 9.59 Å². The fourth-order valence-electron chi connectivity index (χ4n) is 2.26. The molecule has 0 radical (unpaired) electrons. The van der Waals surface area contributed by atoms with Gasteiger partial charge in [0, 0.05) is 11.3 Å². The molecule has 0 aliphatic heterocycles. The minimum absolute atomic E-state index is 0.0935. The number of benzene rings is 2. The highest BCUT2D eigenvalue weighted by Crippen LogP contribution is 2.09. The fourth-order valence-corrected chi connectivity index (χ4v) is 2.26. The molecule has 0 aliphatic carbocycles. The Bertz CT molecular complexity index is 702. The van der Waals surface area contributed by atoms with Crippen molar-refractivity contribution in [3.8, 4) is 5.75 Å². The molecule has 132 valence electrons. The van der Waals surface area contributed by atoms with Crippen LogP contribution in [0.4, 0.5) is 5.69 Å². The van der Waals surface area contributed by atoms with Crippen LogP contribution in [0.3, 0.4) is 0 Å². The van der Waals surface area contributed by atoms with Crippen LogP contribution >= 0.6 is 0 Å². The number of nitrogens with one attached hydrogen (secondary N) is 2. The maximum atomic E-state index is 12.3. The summed E-state index contributed by atoms with van der Waals surface area (Å²) in [4.78, 5) is 24.4. The van der Waals surface area contributed by atoms with E-state index in [1.54, 1.807) is 24.3 Å². The molecule has 0 saturated carbocycles. The first-order valence-electron chi connectivity index (χ1n) is 8.18. The summed E-state index contributed by atoms with van der Waals surface area (Å²) < 4.78 is 5.66. The zero-order valence-corrected chi connectivity index (χ0v) is 14.5. The molecule has 25 heavy (non-hydrogen) atoms. The Morgan fingerprint density at radius 3 is 2.36 bits per heavy atom. The van der Waals surface area contributed by atoms with Crippen LogP contribution in [0.2, 0.25) is 0 Å².